The fourth-order valence-electron chi connectivity index (χ4n) is 1.47. The van der Waals surface area contributed by atoms with Gasteiger partial charge in [0.1, 0.15) is 0 Å². The summed E-state index contributed by atoms with van der Waals surface area (Å²) < 4.78 is 1.64. The quantitative estimate of drug-likeness (QED) is 0.745. The second-order valence-corrected chi connectivity index (χ2v) is 3.21. The van der Waals surface area contributed by atoms with Crippen LogP contribution in [0.2, 0.25) is 0 Å². The first-order valence-electron chi connectivity index (χ1n) is 5.25. The molecule has 0 aliphatic rings. The molecule has 0 aliphatic carbocycles. The van der Waals surface area contributed by atoms with Crippen LogP contribution in [0.25, 0.3) is 0 Å². The Morgan fingerprint density at radius 3 is 2.80 bits per heavy atom. The van der Waals surface area contributed by atoms with Crippen molar-refractivity contribution in [1.29, 1.82) is 0 Å². The van der Waals surface area contributed by atoms with Gasteiger partial charge in [-0.1, -0.05) is 0 Å². The van der Waals surface area contributed by atoms with Gasteiger partial charge in [0.15, 0.2) is 5.82 Å². The van der Waals surface area contributed by atoms with Gasteiger partial charge >= 0.3 is 0 Å². The van der Waals surface area contributed by atoms with Gasteiger partial charge in [0.25, 0.3) is 5.56 Å². The van der Waals surface area contributed by atoms with Crippen LogP contribution in [0.3, 0.4) is 0 Å². The lowest BCUT2D eigenvalue weighted by molar-refractivity contribution is 0.699. The predicted molar refractivity (Wildman–Crippen MR) is 61.1 cm³/mol. The van der Waals surface area contributed by atoms with Gasteiger partial charge in [0.2, 0.25) is 0 Å². The van der Waals surface area contributed by atoms with E-state index in [0.29, 0.717) is 25.5 Å². The number of likely N-dealkylation sites (N-methyl/N-ethyl adjacent to an activating group) is 1. The maximum atomic E-state index is 11.9. The van der Waals surface area contributed by atoms with Crippen molar-refractivity contribution in [3.63, 3.8) is 0 Å². The lowest BCUT2D eigenvalue weighted by Crippen LogP contribution is -2.36. The molecule has 84 valence electrons. The highest BCUT2D eigenvalue weighted by atomic mass is 16.1. The number of nitrogens with zero attached hydrogens (tertiary/aromatic N) is 3. The van der Waals surface area contributed by atoms with Gasteiger partial charge in [-0.2, -0.15) is 0 Å². The summed E-state index contributed by atoms with van der Waals surface area (Å²) in [5.74, 6) is 0.493. The van der Waals surface area contributed by atoms with Crippen LogP contribution in [0.4, 0.5) is 5.82 Å². The van der Waals surface area contributed by atoms with Crippen molar-refractivity contribution in [2.45, 2.75) is 20.4 Å². The molecule has 0 atom stereocenters. The molecule has 0 radical (unpaired) electrons. The Kier molecular flexibility index (Phi) is 4.30. The van der Waals surface area contributed by atoms with Crippen molar-refractivity contribution in [3.05, 3.63) is 22.7 Å². The molecule has 1 aromatic heterocycles. The number of aryl methyl sites for hydroxylation is 1. The largest absolute Gasteiger partial charge is 0.351 e. The third kappa shape index (κ3) is 2.56. The molecule has 5 heteroatoms. The first kappa shape index (κ1) is 11.7. The third-order valence-electron chi connectivity index (χ3n) is 2.32. The summed E-state index contributed by atoms with van der Waals surface area (Å²) in [7, 11) is 0. The molecule has 0 bridgehead atoms. The molecule has 1 aromatic rings. The van der Waals surface area contributed by atoms with Gasteiger partial charge in [0.05, 0.1) is 0 Å². The maximum absolute atomic E-state index is 11.9. The summed E-state index contributed by atoms with van der Waals surface area (Å²) in [6.07, 6.45) is 3.35. The monoisotopic (exact) mass is 210 g/mol. The highest BCUT2D eigenvalue weighted by Gasteiger charge is 2.10. The van der Waals surface area contributed by atoms with E-state index in [1.54, 1.807) is 17.0 Å². The van der Waals surface area contributed by atoms with E-state index < -0.39 is 0 Å². The van der Waals surface area contributed by atoms with Crippen molar-refractivity contribution < 1.29 is 0 Å². The molecule has 1 heterocycles. The van der Waals surface area contributed by atoms with E-state index >= 15 is 0 Å². The second kappa shape index (κ2) is 5.50. The third-order valence-corrected chi connectivity index (χ3v) is 2.32. The molecule has 2 N–H and O–H groups in total. The minimum Gasteiger partial charge on any atom is -0.351 e. The highest BCUT2D eigenvalue weighted by molar-refractivity contribution is 5.35. The van der Waals surface area contributed by atoms with Crippen LogP contribution in [0.5, 0.6) is 0 Å². The molecule has 0 aliphatic heterocycles. The fraction of sp³-hybridized carbons (Fsp3) is 0.600. The van der Waals surface area contributed by atoms with Crippen molar-refractivity contribution in [2.75, 3.05) is 24.5 Å². The van der Waals surface area contributed by atoms with E-state index in [9.17, 15) is 4.79 Å². The second-order valence-electron chi connectivity index (χ2n) is 3.21. The van der Waals surface area contributed by atoms with Crippen LogP contribution in [0, 0.1) is 0 Å². The topological polar surface area (TPSA) is 64.2 Å². The molecule has 0 amide bonds. The summed E-state index contributed by atoms with van der Waals surface area (Å²) in [6.45, 7) is 6.51. The van der Waals surface area contributed by atoms with Crippen molar-refractivity contribution in [2.24, 2.45) is 5.73 Å². The average Bonchev–Trinajstić information content (AvgIpc) is 2.27. The Balaban J connectivity index is 3.07. The van der Waals surface area contributed by atoms with Crippen LogP contribution >= 0.6 is 0 Å². The summed E-state index contributed by atoms with van der Waals surface area (Å²) in [6, 6.07) is 0. The molecular formula is C10H18N4O. The number of hydrogen-bond acceptors (Lipinski definition) is 4. The maximum Gasteiger partial charge on any atom is 0.293 e. The average molecular weight is 210 g/mol. The van der Waals surface area contributed by atoms with E-state index in [1.807, 2.05) is 18.7 Å². The first-order valence-corrected chi connectivity index (χ1v) is 5.25. The Morgan fingerprint density at radius 2 is 2.27 bits per heavy atom. The molecule has 0 saturated carbocycles. The molecule has 5 nitrogen and oxygen atoms in total. The standard InChI is InChI=1S/C10H18N4O/c1-3-13(7-5-11)9-10(15)14(4-2)8-6-12-9/h6,8H,3-5,7,11H2,1-2H3. The summed E-state index contributed by atoms with van der Waals surface area (Å²) in [5.41, 5.74) is 5.44. The van der Waals surface area contributed by atoms with E-state index in [1.165, 1.54) is 0 Å². The van der Waals surface area contributed by atoms with Gasteiger partial charge in [-0.3, -0.25) is 4.79 Å². The Bertz CT molecular complexity index is 361. The lowest BCUT2D eigenvalue weighted by Gasteiger charge is -2.20. The normalized spacial score (nSPS) is 10.3. The van der Waals surface area contributed by atoms with Crippen LogP contribution in [0.1, 0.15) is 13.8 Å². The SMILES string of the molecule is CCN(CCN)c1nccn(CC)c1=O. The molecule has 0 spiro atoms. The molecule has 1 rings (SSSR count). The van der Waals surface area contributed by atoms with Gasteiger partial charge in [-0.15, -0.1) is 0 Å². The number of aromatic nitrogens is 2. The van der Waals surface area contributed by atoms with Crippen LogP contribution in [-0.4, -0.2) is 29.2 Å². The van der Waals surface area contributed by atoms with Gasteiger partial charge in [0, 0.05) is 38.6 Å². The molecule has 0 fully saturated rings. The van der Waals surface area contributed by atoms with Gasteiger partial charge in [-0.25, -0.2) is 4.98 Å². The van der Waals surface area contributed by atoms with E-state index in [4.69, 9.17) is 5.73 Å². The van der Waals surface area contributed by atoms with E-state index in [2.05, 4.69) is 4.98 Å². The lowest BCUT2D eigenvalue weighted by atomic mass is 10.4. The van der Waals surface area contributed by atoms with Crippen LogP contribution in [-0.2, 0) is 6.54 Å². The summed E-state index contributed by atoms with van der Waals surface area (Å²) >= 11 is 0. The van der Waals surface area contributed by atoms with Crippen LogP contribution < -0.4 is 16.2 Å². The Hall–Kier alpha value is -1.36. The molecule has 0 unspecified atom stereocenters. The highest BCUT2D eigenvalue weighted by Crippen LogP contribution is 2.01. The number of hydrogen-bond donors (Lipinski definition) is 1. The van der Waals surface area contributed by atoms with Crippen molar-refractivity contribution in [3.8, 4) is 0 Å². The summed E-state index contributed by atoms with van der Waals surface area (Å²) in [5, 5.41) is 0. The van der Waals surface area contributed by atoms with Crippen molar-refractivity contribution in [1.82, 2.24) is 9.55 Å². The Morgan fingerprint density at radius 1 is 1.53 bits per heavy atom. The first-order chi connectivity index (χ1) is 7.24. The molecule has 0 saturated heterocycles. The van der Waals surface area contributed by atoms with Crippen molar-refractivity contribution >= 4 is 5.82 Å². The van der Waals surface area contributed by atoms with Crippen LogP contribution in [0.15, 0.2) is 17.2 Å². The molecular weight excluding hydrogens is 192 g/mol. The smallest absolute Gasteiger partial charge is 0.293 e. The minimum atomic E-state index is -0.0460. The zero-order valence-electron chi connectivity index (χ0n) is 9.31. The zero-order valence-corrected chi connectivity index (χ0v) is 9.31. The number of nitrogens with two attached hydrogens (primary N) is 1. The fourth-order valence-corrected chi connectivity index (χ4v) is 1.47. The van der Waals surface area contributed by atoms with E-state index in [-0.39, 0.29) is 5.56 Å². The minimum absolute atomic E-state index is 0.0460. The Labute approximate surface area is 89.5 Å². The zero-order chi connectivity index (χ0) is 11.3. The number of rotatable bonds is 5. The molecule has 0 aromatic carbocycles. The predicted octanol–water partition coefficient (Wildman–Crippen LogP) is 0.0482. The van der Waals surface area contributed by atoms with E-state index in [0.717, 1.165) is 6.54 Å². The van der Waals surface area contributed by atoms with Gasteiger partial charge < -0.3 is 15.2 Å². The molecule has 15 heavy (non-hydrogen) atoms. The number of anilines is 1. The van der Waals surface area contributed by atoms with Gasteiger partial charge in [-0.05, 0) is 13.8 Å². The summed E-state index contributed by atoms with van der Waals surface area (Å²) in [4.78, 5) is 17.9.